The summed E-state index contributed by atoms with van der Waals surface area (Å²) < 4.78 is 1.89. The summed E-state index contributed by atoms with van der Waals surface area (Å²) in [5.74, 6) is 1.55. The normalized spacial score (nSPS) is 13.3. The highest BCUT2D eigenvalue weighted by Gasteiger charge is 2.09. The van der Waals surface area contributed by atoms with Crippen LogP contribution in [-0.2, 0) is 6.42 Å². The van der Waals surface area contributed by atoms with Crippen LogP contribution in [0.25, 0.3) is 5.65 Å². The quantitative estimate of drug-likeness (QED) is 0.752. The summed E-state index contributed by atoms with van der Waals surface area (Å²) in [6, 6.07) is 1.72. The average molecular weight is 225 g/mol. The fourth-order valence-corrected chi connectivity index (χ4v) is 1.55. The minimum absolute atomic E-state index is 0.449. The van der Waals surface area contributed by atoms with Gasteiger partial charge in [-0.05, 0) is 5.92 Å². The van der Waals surface area contributed by atoms with E-state index < -0.39 is 0 Å². The molecule has 0 saturated heterocycles. The predicted molar refractivity (Wildman–Crippen MR) is 59.0 cm³/mol. The molecule has 0 saturated carbocycles. The maximum absolute atomic E-state index is 5.77. The maximum Gasteiger partial charge on any atom is 0.165 e. The Morgan fingerprint density at radius 2 is 2.27 bits per heavy atom. The third kappa shape index (κ3) is 2.09. The number of hydrogen-bond donors (Lipinski definition) is 0. The van der Waals surface area contributed by atoms with Crippen molar-refractivity contribution in [3.8, 4) is 0 Å². The Bertz CT molecular complexity index is 465. The Morgan fingerprint density at radius 3 is 3.00 bits per heavy atom. The molecule has 1 atom stereocenters. The summed E-state index contributed by atoms with van der Waals surface area (Å²) in [7, 11) is 0. The van der Waals surface area contributed by atoms with E-state index >= 15 is 0 Å². The van der Waals surface area contributed by atoms with Crippen molar-refractivity contribution in [3.05, 3.63) is 23.4 Å². The second kappa shape index (κ2) is 4.14. The minimum atomic E-state index is 0.449. The molecule has 5 heteroatoms. The van der Waals surface area contributed by atoms with E-state index in [1.807, 2.05) is 4.40 Å². The van der Waals surface area contributed by atoms with Crippen molar-refractivity contribution in [2.45, 2.75) is 26.7 Å². The Morgan fingerprint density at radius 1 is 1.47 bits per heavy atom. The van der Waals surface area contributed by atoms with E-state index in [0.29, 0.717) is 11.1 Å². The molecule has 0 radical (unpaired) electrons. The molecule has 15 heavy (non-hydrogen) atoms. The van der Waals surface area contributed by atoms with E-state index in [2.05, 4.69) is 29.0 Å². The molecule has 2 aromatic rings. The first-order valence-electron chi connectivity index (χ1n) is 5.06. The molecule has 2 heterocycles. The van der Waals surface area contributed by atoms with Crippen molar-refractivity contribution < 1.29 is 0 Å². The van der Waals surface area contributed by atoms with Gasteiger partial charge in [0.15, 0.2) is 5.65 Å². The van der Waals surface area contributed by atoms with Gasteiger partial charge in [0.05, 0.1) is 0 Å². The first-order chi connectivity index (χ1) is 7.20. The van der Waals surface area contributed by atoms with Crippen LogP contribution in [0.5, 0.6) is 0 Å². The molecule has 0 amide bonds. The molecule has 0 N–H and O–H groups in total. The molecule has 0 aliphatic rings. The van der Waals surface area contributed by atoms with Gasteiger partial charge >= 0.3 is 0 Å². The van der Waals surface area contributed by atoms with Gasteiger partial charge in [0, 0.05) is 12.5 Å². The summed E-state index contributed by atoms with van der Waals surface area (Å²) in [6.45, 7) is 4.37. The highest BCUT2D eigenvalue weighted by atomic mass is 35.5. The SMILES string of the molecule is CCC(C)Cc1nnc2cc(Cl)ncn12. The molecule has 2 rings (SSSR count). The Kier molecular flexibility index (Phi) is 2.86. The third-order valence-electron chi connectivity index (χ3n) is 2.57. The lowest BCUT2D eigenvalue weighted by Crippen LogP contribution is -2.03. The zero-order chi connectivity index (χ0) is 10.8. The van der Waals surface area contributed by atoms with Crippen LogP contribution >= 0.6 is 11.6 Å². The second-order valence-electron chi connectivity index (χ2n) is 3.77. The molecular weight excluding hydrogens is 212 g/mol. The van der Waals surface area contributed by atoms with E-state index in [1.54, 1.807) is 12.4 Å². The summed E-state index contributed by atoms with van der Waals surface area (Å²) in [4.78, 5) is 4.02. The second-order valence-corrected chi connectivity index (χ2v) is 4.16. The lowest BCUT2D eigenvalue weighted by Gasteiger charge is -2.05. The highest BCUT2D eigenvalue weighted by molar-refractivity contribution is 6.29. The van der Waals surface area contributed by atoms with Gasteiger partial charge in [-0.25, -0.2) is 4.98 Å². The van der Waals surface area contributed by atoms with Crippen molar-refractivity contribution in [1.82, 2.24) is 19.6 Å². The molecule has 4 nitrogen and oxygen atoms in total. The smallest absolute Gasteiger partial charge is 0.165 e. The molecule has 2 aromatic heterocycles. The maximum atomic E-state index is 5.77. The van der Waals surface area contributed by atoms with Gasteiger partial charge in [-0.3, -0.25) is 4.40 Å². The van der Waals surface area contributed by atoms with Crippen LogP contribution in [0, 0.1) is 5.92 Å². The average Bonchev–Trinajstić information content (AvgIpc) is 2.60. The Balaban J connectivity index is 2.36. The third-order valence-corrected chi connectivity index (χ3v) is 2.77. The van der Waals surface area contributed by atoms with Gasteiger partial charge in [0.2, 0.25) is 0 Å². The summed E-state index contributed by atoms with van der Waals surface area (Å²) >= 11 is 5.77. The lowest BCUT2D eigenvalue weighted by atomic mass is 10.1. The van der Waals surface area contributed by atoms with Crippen molar-refractivity contribution in [2.75, 3.05) is 0 Å². The molecule has 0 aliphatic heterocycles. The van der Waals surface area contributed by atoms with Gasteiger partial charge in [0.1, 0.15) is 17.3 Å². The van der Waals surface area contributed by atoms with Gasteiger partial charge in [0.25, 0.3) is 0 Å². The molecular formula is C10H13ClN4. The predicted octanol–water partition coefficient (Wildman–Crippen LogP) is 2.37. The number of aromatic nitrogens is 4. The number of nitrogens with zero attached hydrogens (tertiary/aromatic N) is 4. The molecule has 0 aromatic carbocycles. The van der Waals surface area contributed by atoms with Gasteiger partial charge in [-0.2, -0.15) is 0 Å². The van der Waals surface area contributed by atoms with E-state index in [-0.39, 0.29) is 0 Å². The Labute approximate surface area is 93.3 Å². The Hall–Kier alpha value is -1.16. The molecule has 0 spiro atoms. The van der Waals surface area contributed by atoms with Crippen LogP contribution < -0.4 is 0 Å². The van der Waals surface area contributed by atoms with Crippen LogP contribution in [0.1, 0.15) is 26.1 Å². The zero-order valence-corrected chi connectivity index (χ0v) is 9.57. The topological polar surface area (TPSA) is 43.1 Å². The van der Waals surface area contributed by atoms with Crippen molar-refractivity contribution in [3.63, 3.8) is 0 Å². The first-order valence-corrected chi connectivity index (χ1v) is 5.43. The molecule has 80 valence electrons. The van der Waals surface area contributed by atoms with E-state index in [1.165, 1.54) is 0 Å². The van der Waals surface area contributed by atoms with Gasteiger partial charge in [-0.15, -0.1) is 10.2 Å². The first kappa shape index (κ1) is 10.4. The number of rotatable bonds is 3. The molecule has 0 aliphatic carbocycles. The monoisotopic (exact) mass is 224 g/mol. The fraction of sp³-hybridized carbons (Fsp3) is 0.500. The van der Waals surface area contributed by atoms with E-state index in [0.717, 1.165) is 24.3 Å². The lowest BCUT2D eigenvalue weighted by molar-refractivity contribution is 0.540. The standard InChI is InChI=1S/C10H13ClN4/c1-3-7(2)4-9-13-14-10-5-8(11)12-6-15(9)10/h5-7H,3-4H2,1-2H3. The van der Waals surface area contributed by atoms with Crippen LogP contribution in [0.15, 0.2) is 12.4 Å². The molecule has 1 unspecified atom stereocenters. The minimum Gasteiger partial charge on any atom is -0.269 e. The van der Waals surface area contributed by atoms with E-state index in [4.69, 9.17) is 11.6 Å². The van der Waals surface area contributed by atoms with Crippen LogP contribution in [0.2, 0.25) is 5.15 Å². The van der Waals surface area contributed by atoms with E-state index in [9.17, 15) is 0 Å². The van der Waals surface area contributed by atoms with Crippen LogP contribution in [0.3, 0.4) is 0 Å². The number of halogens is 1. The largest absolute Gasteiger partial charge is 0.269 e. The van der Waals surface area contributed by atoms with Gasteiger partial charge < -0.3 is 0 Å². The number of hydrogen-bond acceptors (Lipinski definition) is 3. The number of fused-ring (bicyclic) bond motifs is 1. The van der Waals surface area contributed by atoms with Crippen molar-refractivity contribution >= 4 is 17.2 Å². The van der Waals surface area contributed by atoms with Crippen molar-refractivity contribution in [2.24, 2.45) is 5.92 Å². The van der Waals surface area contributed by atoms with Crippen LogP contribution in [0.4, 0.5) is 0 Å². The molecule has 0 fully saturated rings. The summed E-state index contributed by atoms with van der Waals surface area (Å²) in [6.07, 6.45) is 3.73. The highest BCUT2D eigenvalue weighted by Crippen LogP contribution is 2.12. The summed E-state index contributed by atoms with van der Waals surface area (Å²) in [5.41, 5.74) is 0.758. The molecule has 0 bridgehead atoms. The van der Waals surface area contributed by atoms with Gasteiger partial charge in [-0.1, -0.05) is 31.9 Å². The zero-order valence-electron chi connectivity index (χ0n) is 8.81. The fourth-order valence-electron chi connectivity index (χ4n) is 1.41. The van der Waals surface area contributed by atoms with Crippen molar-refractivity contribution in [1.29, 1.82) is 0 Å². The summed E-state index contributed by atoms with van der Waals surface area (Å²) in [5, 5.41) is 8.64. The van der Waals surface area contributed by atoms with Crippen LogP contribution in [-0.4, -0.2) is 19.6 Å².